The van der Waals surface area contributed by atoms with Crippen LogP contribution in [0.2, 0.25) is 0 Å². The summed E-state index contributed by atoms with van der Waals surface area (Å²) >= 11 is 5.60. The quantitative estimate of drug-likeness (QED) is 0.727. The fraction of sp³-hybridized carbons (Fsp3) is 0.0667. The van der Waals surface area contributed by atoms with Gasteiger partial charge in [-0.3, -0.25) is 9.78 Å². The van der Waals surface area contributed by atoms with Crippen LogP contribution in [0.1, 0.15) is 15.2 Å². The topological polar surface area (TPSA) is 42.0 Å². The van der Waals surface area contributed by atoms with E-state index in [1.807, 2.05) is 35.7 Å². The molecular weight excluding hydrogens is 288 g/mol. The Morgan fingerprint density at radius 3 is 2.95 bits per heavy atom. The van der Waals surface area contributed by atoms with Crippen molar-refractivity contribution in [2.45, 2.75) is 11.4 Å². The molecule has 1 aromatic carbocycles. The second kappa shape index (κ2) is 5.64. The highest BCUT2D eigenvalue weighted by molar-refractivity contribution is 7.80. The zero-order valence-electron chi connectivity index (χ0n) is 10.5. The Bertz CT molecular complexity index is 762. The summed E-state index contributed by atoms with van der Waals surface area (Å²) in [6, 6.07) is 11.7. The lowest BCUT2D eigenvalue weighted by atomic mass is 10.1. The fourth-order valence-electron chi connectivity index (χ4n) is 2.02. The van der Waals surface area contributed by atoms with Crippen LogP contribution in [0.3, 0.4) is 0 Å². The highest BCUT2D eigenvalue weighted by Gasteiger charge is 2.09. The third kappa shape index (κ3) is 2.69. The minimum atomic E-state index is -0.0803. The van der Waals surface area contributed by atoms with Crippen LogP contribution in [-0.2, 0) is 6.54 Å². The van der Waals surface area contributed by atoms with Crippen molar-refractivity contribution in [3.8, 4) is 0 Å². The van der Waals surface area contributed by atoms with E-state index in [0.29, 0.717) is 11.4 Å². The van der Waals surface area contributed by atoms with Crippen molar-refractivity contribution in [3.63, 3.8) is 0 Å². The molecule has 3 aromatic rings. The number of aromatic nitrogens is 1. The number of para-hydroxylation sites is 1. The van der Waals surface area contributed by atoms with Crippen molar-refractivity contribution in [1.82, 2.24) is 10.3 Å². The van der Waals surface area contributed by atoms with Crippen LogP contribution in [0.5, 0.6) is 0 Å². The molecule has 0 aliphatic rings. The maximum Gasteiger partial charge on any atom is 0.261 e. The SMILES string of the molecule is O=C(NCc1cccc2cccnc12)c1cc(S)cs1. The lowest BCUT2D eigenvalue weighted by Crippen LogP contribution is -2.22. The number of amides is 1. The predicted molar refractivity (Wildman–Crippen MR) is 84.5 cm³/mol. The van der Waals surface area contributed by atoms with E-state index in [9.17, 15) is 4.79 Å². The van der Waals surface area contributed by atoms with E-state index >= 15 is 0 Å². The van der Waals surface area contributed by atoms with Crippen molar-refractivity contribution in [1.29, 1.82) is 0 Å². The summed E-state index contributed by atoms with van der Waals surface area (Å²) in [4.78, 5) is 17.9. The number of carbonyl (C=O) groups excluding carboxylic acids is 1. The molecule has 0 aliphatic carbocycles. The molecule has 5 heteroatoms. The van der Waals surface area contributed by atoms with E-state index in [1.54, 1.807) is 12.3 Å². The molecule has 0 atom stereocenters. The van der Waals surface area contributed by atoms with E-state index in [4.69, 9.17) is 0 Å². The van der Waals surface area contributed by atoms with Crippen molar-refractivity contribution >= 4 is 40.8 Å². The monoisotopic (exact) mass is 300 g/mol. The summed E-state index contributed by atoms with van der Waals surface area (Å²) < 4.78 is 0. The average Bonchev–Trinajstić information content (AvgIpc) is 2.91. The van der Waals surface area contributed by atoms with Gasteiger partial charge in [-0.25, -0.2) is 0 Å². The van der Waals surface area contributed by atoms with Crippen LogP contribution in [0.15, 0.2) is 52.9 Å². The number of hydrogen-bond acceptors (Lipinski definition) is 4. The highest BCUT2D eigenvalue weighted by Crippen LogP contribution is 2.18. The maximum atomic E-state index is 12.0. The minimum Gasteiger partial charge on any atom is -0.347 e. The van der Waals surface area contributed by atoms with E-state index in [-0.39, 0.29) is 5.91 Å². The number of rotatable bonds is 3. The van der Waals surface area contributed by atoms with Crippen LogP contribution in [-0.4, -0.2) is 10.9 Å². The molecule has 2 aromatic heterocycles. The van der Waals surface area contributed by atoms with Crippen LogP contribution in [0.25, 0.3) is 10.9 Å². The van der Waals surface area contributed by atoms with Crippen molar-refractivity contribution in [3.05, 3.63) is 58.4 Å². The Hall–Kier alpha value is -1.85. The number of nitrogens with one attached hydrogen (secondary N) is 1. The lowest BCUT2D eigenvalue weighted by Gasteiger charge is -2.06. The Balaban J connectivity index is 1.79. The minimum absolute atomic E-state index is 0.0803. The molecule has 0 bridgehead atoms. The first-order valence-electron chi connectivity index (χ1n) is 6.12. The van der Waals surface area contributed by atoms with Crippen LogP contribution in [0, 0.1) is 0 Å². The van der Waals surface area contributed by atoms with Gasteiger partial charge in [-0.15, -0.1) is 24.0 Å². The summed E-state index contributed by atoms with van der Waals surface area (Å²) in [7, 11) is 0. The second-order valence-corrected chi connectivity index (χ2v) is 5.77. The molecule has 0 fully saturated rings. The zero-order valence-corrected chi connectivity index (χ0v) is 12.2. The van der Waals surface area contributed by atoms with Gasteiger partial charge in [-0.2, -0.15) is 0 Å². The van der Waals surface area contributed by atoms with Gasteiger partial charge in [0.15, 0.2) is 0 Å². The van der Waals surface area contributed by atoms with Gasteiger partial charge in [0.25, 0.3) is 5.91 Å². The molecule has 2 heterocycles. The molecule has 3 nitrogen and oxygen atoms in total. The molecule has 0 unspecified atom stereocenters. The van der Waals surface area contributed by atoms with E-state index in [1.165, 1.54) is 11.3 Å². The molecule has 1 N–H and O–H groups in total. The summed E-state index contributed by atoms with van der Waals surface area (Å²) in [6.07, 6.45) is 1.76. The van der Waals surface area contributed by atoms with Gasteiger partial charge in [0.05, 0.1) is 10.4 Å². The summed E-state index contributed by atoms with van der Waals surface area (Å²) in [5.41, 5.74) is 1.94. The Morgan fingerprint density at radius 1 is 1.30 bits per heavy atom. The summed E-state index contributed by atoms with van der Waals surface area (Å²) in [5, 5.41) is 5.84. The van der Waals surface area contributed by atoms with Crippen molar-refractivity contribution < 1.29 is 4.79 Å². The van der Waals surface area contributed by atoms with Crippen LogP contribution < -0.4 is 5.32 Å². The predicted octanol–water partition coefficient (Wildman–Crippen LogP) is 3.52. The molecule has 0 spiro atoms. The number of thiol groups is 1. The number of hydrogen-bond donors (Lipinski definition) is 2. The number of pyridine rings is 1. The first-order valence-corrected chi connectivity index (χ1v) is 7.45. The van der Waals surface area contributed by atoms with E-state index in [2.05, 4.69) is 22.9 Å². The summed E-state index contributed by atoms with van der Waals surface area (Å²) in [5.74, 6) is -0.0803. The van der Waals surface area contributed by atoms with Gasteiger partial charge in [0, 0.05) is 28.4 Å². The third-order valence-electron chi connectivity index (χ3n) is 2.97. The molecule has 0 saturated carbocycles. The van der Waals surface area contributed by atoms with Gasteiger partial charge in [0.2, 0.25) is 0 Å². The van der Waals surface area contributed by atoms with Crippen LogP contribution in [0.4, 0.5) is 0 Å². The van der Waals surface area contributed by atoms with Gasteiger partial charge in [-0.1, -0.05) is 24.3 Å². The number of fused-ring (bicyclic) bond motifs is 1. The van der Waals surface area contributed by atoms with Gasteiger partial charge in [-0.05, 0) is 17.7 Å². The van der Waals surface area contributed by atoms with Gasteiger partial charge < -0.3 is 5.32 Å². The second-order valence-electron chi connectivity index (χ2n) is 4.34. The molecule has 3 rings (SSSR count). The van der Waals surface area contributed by atoms with Crippen molar-refractivity contribution in [2.24, 2.45) is 0 Å². The zero-order chi connectivity index (χ0) is 13.9. The van der Waals surface area contributed by atoms with Crippen molar-refractivity contribution in [2.75, 3.05) is 0 Å². The normalized spacial score (nSPS) is 10.7. The molecule has 0 aliphatic heterocycles. The number of benzene rings is 1. The van der Waals surface area contributed by atoms with Gasteiger partial charge in [0.1, 0.15) is 0 Å². The Morgan fingerprint density at radius 2 is 2.15 bits per heavy atom. The molecule has 0 saturated heterocycles. The highest BCUT2D eigenvalue weighted by atomic mass is 32.1. The van der Waals surface area contributed by atoms with E-state index < -0.39 is 0 Å². The molecule has 1 amide bonds. The largest absolute Gasteiger partial charge is 0.347 e. The number of carbonyl (C=O) groups is 1. The number of thiophene rings is 1. The maximum absolute atomic E-state index is 12.0. The summed E-state index contributed by atoms with van der Waals surface area (Å²) in [6.45, 7) is 0.465. The Labute approximate surface area is 126 Å². The standard InChI is InChI=1S/C15H12N2OS2/c18-15(13-7-12(19)9-20-13)17-8-11-4-1-3-10-5-2-6-16-14(10)11/h1-7,9,19H,8H2,(H,17,18). The first-order chi connectivity index (χ1) is 9.74. The third-order valence-corrected chi connectivity index (χ3v) is 4.33. The average molecular weight is 300 g/mol. The first kappa shape index (κ1) is 13.1. The molecule has 100 valence electrons. The molecule has 0 radical (unpaired) electrons. The smallest absolute Gasteiger partial charge is 0.261 e. The van der Waals surface area contributed by atoms with E-state index in [0.717, 1.165) is 21.4 Å². The lowest BCUT2D eigenvalue weighted by molar-refractivity contribution is 0.0955. The fourth-order valence-corrected chi connectivity index (χ4v) is 3.08. The van der Waals surface area contributed by atoms with Crippen LogP contribution >= 0.6 is 24.0 Å². The number of nitrogens with zero attached hydrogens (tertiary/aromatic N) is 1. The molecular formula is C15H12N2OS2. The molecule has 20 heavy (non-hydrogen) atoms. The Kier molecular flexibility index (Phi) is 3.71. The van der Waals surface area contributed by atoms with Gasteiger partial charge >= 0.3 is 0 Å².